The number of aromatic nitrogens is 2. The van der Waals surface area contributed by atoms with Gasteiger partial charge in [-0.2, -0.15) is 0 Å². The molecule has 0 aliphatic rings. The van der Waals surface area contributed by atoms with Crippen LogP contribution in [-0.2, 0) is 0 Å². The lowest BCUT2D eigenvalue weighted by Crippen LogP contribution is -2.21. The Balaban J connectivity index is 2.96. The minimum absolute atomic E-state index is 0.679. The number of nitrogens with two attached hydrogens (primary N) is 1. The molecular formula is C9H17N5. The Kier molecular flexibility index (Phi) is 3.64. The Hall–Kier alpha value is -1.36. The van der Waals surface area contributed by atoms with Crippen LogP contribution in [0.15, 0.2) is 6.33 Å². The lowest BCUT2D eigenvalue weighted by Gasteiger charge is -2.19. The first-order chi connectivity index (χ1) is 6.70. The van der Waals surface area contributed by atoms with Gasteiger partial charge in [0.05, 0.1) is 0 Å². The van der Waals surface area contributed by atoms with Crippen LogP contribution in [0.2, 0.25) is 0 Å². The van der Waals surface area contributed by atoms with Crippen molar-refractivity contribution < 1.29 is 0 Å². The van der Waals surface area contributed by atoms with Crippen LogP contribution >= 0.6 is 0 Å². The molecule has 0 saturated carbocycles. The molecule has 1 rings (SSSR count). The van der Waals surface area contributed by atoms with Gasteiger partial charge in [0, 0.05) is 19.2 Å². The fourth-order valence-electron chi connectivity index (χ4n) is 1.41. The summed E-state index contributed by atoms with van der Waals surface area (Å²) in [7, 11) is 2.01. The van der Waals surface area contributed by atoms with Crippen LogP contribution in [0.25, 0.3) is 0 Å². The average molecular weight is 195 g/mol. The van der Waals surface area contributed by atoms with Crippen LogP contribution in [0.5, 0.6) is 0 Å². The molecule has 1 aromatic heterocycles. The third-order valence-electron chi connectivity index (χ3n) is 2.11. The molecule has 0 aliphatic carbocycles. The molecule has 0 unspecified atom stereocenters. The predicted molar refractivity (Wildman–Crippen MR) is 58.1 cm³/mol. The molecule has 0 amide bonds. The maximum absolute atomic E-state index is 5.33. The summed E-state index contributed by atoms with van der Waals surface area (Å²) in [6.45, 7) is 5.06. The van der Waals surface area contributed by atoms with Gasteiger partial charge in [-0.15, -0.1) is 0 Å². The summed E-state index contributed by atoms with van der Waals surface area (Å²) < 4.78 is 0. The molecule has 0 radical (unpaired) electrons. The minimum Gasteiger partial charge on any atom is -0.359 e. The molecule has 1 aromatic rings. The molecule has 5 heteroatoms. The van der Waals surface area contributed by atoms with E-state index in [0.717, 1.165) is 24.3 Å². The molecule has 0 atom stereocenters. The second-order valence-corrected chi connectivity index (χ2v) is 3.24. The Bertz CT molecular complexity index is 299. The van der Waals surface area contributed by atoms with E-state index >= 15 is 0 Å². The standard InChI is InChI=1S/C9H17N5/c1-4-5-14(3)9-7(2)8(13-10)11-6-12-9/h6H,4-5,10H2,1-3H3,(H,11,12,13). The first-order valence-electron chi connectivity index (χ1n) is 4.70. The van der Waals surface area contributed by atoms with Gasteiger partial charge in [0.2, 0.25) is 0 Å². The van der Waals surface area contributed by atoms with Crippen molar-refractivity contribution in [3.63, 3.8) is 0 Å². The fourth-order valence-corrected chi connectivity index (χ4v) is 1.41. The number of nitrogens with one attached hydrogen (secondary N) is 1. The predicted octanol–water partition coefficient (Wildman–Crippen LogP) is 0.917. The SMILES string of the molecule is CCCN(C)c1ncnc(NN)c1C. The van der Waals surface area contributed by atoms with Gasteiger partial charge < -0.3 is 10.3 Å². The summed E-state index contributed by atoms with van der Waals surface area (Å²) >= 11 is 0. The summed E-state index contributed by atoms with van der Waals surface area (Å²) in [5.41, 5.74) is 3.53. The maximum atomic E-state index is 5.33. The van der Waals surface area contributed by atoms with Gasteiger partial charge in [-0.25, -0.2) is 15.8 Å². The highest BCUT2D eigenvalue weighted by atomic mass is 15.3. The van der Waals surface area contributed by atoms with Crippen molar-refractivity contribution in [2.24, 2.45) is 5.84 Å². The van der Waals surface area contributed by atoms with E-state index in [-0.39, 0.29) is 0 Å². The minimum atomic E-state index is 0.679. The zero-order chi connectivity index (χ0) is 10.6. The Labute approximate surface area is 84.3 Å². The largest absolute Gasteiger partial charge is 0.359 e. The highest BCUT2D eigenvalue weighted by Crippen LogP contribution is 2.20. The van der Waals surface area contributed by atoms with E-state index in [1.165, 1.54) is 6.33 Å². The molecule has 0 fully saturated rings. The third kappa shape index (κ3) is 2.11. The summed E-state index contributed by atoms with van der Waals surface area (Å²) in [6, 6.07) is 0. The lowest BCUT2D eigenvalue weighted by atomic mass is 10.3. The smallest absolute Gasteiger partial charge is 0.148 e. The van der Waals surface area contributed by atoms with Crippen molar-refractivity contribution in [3.05, 3.63) is 11.9 Å². The first kappa shape index (κ1) is 10.7. The van der Waals surface area contributed by atoms with E-state index in [0.29, 0.717) is 5.82 Å². The van der Waals surface area contributed by atoms with Crippen LogP contribution in [-0.4, -0.2) is 23.6 Å². The van der Waals surface area contributed by atoms with Gasteiger partial charge in [0.1, 0.15) is 18.0 Å². The van der Waals surface area contributed by atoms with Crippen LogP contribution < -0.4 is 16.2 Å². The van der Waals surface area contributed by atoms with Crippen molar-refractivity contribution in [1.82, 2.24) is 9.97 Å². The van der Waals surface area contributed by atoms with E-state index in [9.17, 15) is 0 Å². The van der Waals surface area contributed by atoms with E-state index in [4.69, 9.17) is 5.84 Å². The number of nitrogens with zero attached hydrogens (tertiary/aromatic N) is 3. The third-order valence-corrected chi connectivity index (χ3v) is 2.11. The number of hydrogen-bond acceptors (Lipinski definition) is 5. The highest BCUT2D eigenvalue weighted by molar-refractivity contribution is 5.56. The molecule has 3 N–H and O–H groups in total. The van der Waals surface area contributed by atoms with Crippen LogP contribution in [0.3, 0.4) is 0 Å². The molecule has 78 valence electrons. The zero-order valence-electron chi connectivity index (χ0n) is 8.91. The quantitative estimate of drug-likeness (QED) is 0.552. The number of anilines is 2. The van der Waals surface area contributed by atoms with E-state index in [2.05, 4.69) is 27.2 Å². The normalized spacial score (nSPS) is 10.0. The molecule has 0 bridgehead atoms. The topological polar surface area (TPSA) is 67.1 Å². The molecule has 1 heterocycles. The summed E-state index contributed by atoms with van der Waals surface area (Å²) in [5, 5.41) is 0. The van der Waals surface area contributed by atoms with Gasteiger partial charge in [-0.3, -0.25) is 0 Å². The van der Waals surface area contributed by atoms with Gasteiger partial charge in [0.25, 0.3) is 0 Å². The van der Waals surface area contributed by atoms with Crippen LogP contribution in [0.1, 0.15) is 18.9 Å². The Morgan fingerprint density at radius 1 is 1.50 bits per heavy atom. The fraction of sp³-hybridized carbons (Fsp3) is 0.556. The molecule has 0 spiro atoms. The van der Waals surface area contributed by atoms with Crippen LogP contribution in [0, 0.1) is 6.92 Å². The molecule has 0 aromatic carbocycles. The Morgan fingerprint density at radius 3 is 2.79 bits per heavy atom. The Morgan fingerprint density at radius 2 is 2.21 bits per heavy atom. The lowest BCUT2D eigenvalue weighted by molar-refractivity contribution is 0.829. The van der Waals surface area contributed by atoms with E-state index in [1.54, 1.807) is 0 Å². The molecule has 5 nitrogen and oxygen atoms in total. The number of hydrogen-bond donors (Lipinski definition) is 2. The van der Waals surface area contributed by atoms with Crippen molar-refractivity contribution in [2.75, 3.05) is 23.9 Å². The highest BCUT2D eigenvalue weighted by Gasteiger charge is 2.08. The summed E-state index contributed by atoms with van der Waals surface area (Å²) in [6.07, 6.45) is 2.61. The molecular weight excluding hydrogens is 178 g/mol. The number of nitrogen functional groups attached to an aromatic ring is 1. The van der Waals surface area contributed by atoms with Crippen molar-refractivity contribution >= 4 is 11.6 Å². The van der Waals surface area contributed by atoms with Crippen molar-refractivity contribution in [1.29, 1.82) is 0 Å². The summed E-state index contributed by atoms with van der Waals surface area (Å²) in [4.78, 5) is 10.3. The monoisotopic (exact) mass is 195 g/mol. The number of hydrazine groups is 1. The van der Waals surface area contributed by atoms with Gasteiger partial charge >= 0.3 is 0 Å². The second-order valence-electron chi connectivity index (χ2n) is 3.24. The average Bonchev–Trinajstić information content (AvgIpc) is 2.18. The molecule has 0 aliphatic heterocycles. The van der Waals surface area contributed by atoms with E-state index < -0.39 is 0 Å². The molecule has 14 heavy (non-hydrogen) atoms. The van der Waals surface area contributed by atoms with Crippen LogP contribution in [0.4, 0.5) is 11.6 Å². The maximum Gasteiger partial charge on any atom is 0.148 e. The van der Waals surface area contributed by atoms with Crippen molar-refractivity contribution in [3.8, 4) is 0 Å². The van der Waals surface area contributed by atoms with Gasteiger partial charge in [-0.05, 0) is 13.3 Å². The number of rotatable bonds is 4. The van der Waals surface area contributed by atoms with E-state index in [1.807, 2.05) is 14.0 Å². The zero-order valence-corrected chi connectivity index (χ0v) is 8.91. The van der Waals surface area contributed by atoms with Crippen molar-refractivity contribution in [2.45, 2.75) is 20.3 Å². The second kappa shape index (κ2) is 4.76. The van der Waals surface area contributed by atoms with Gasteiger partial charge in [0.15, 0.2) is 0 Å². The first-order valence-corrected chi connectivity index (χ1v) is 4.70. The van der Waals surface area contributed by atoms with Gasteiger partial charge in [-0.1, -0.05) is 6.92 Å². The summed E-state index contributed by atoms with van der Waals surface area (Å²) in [5.74, 6) is 6.94. The molecule has 0 saturated heterocycles.